The van der Waals surface area contributed by atoms with Gasteiger partial charge in [-0.25, -0.2) is 4.79 Å². The Morgan fingerprint density at radius 3 is 2.18 bits per heavy atom. The van der Waals surface area contributed by atoms with Crippen LogP contribution in [0, 0.1) is 0 Å². The van der Waals surface area contributed by atoms with Crippen molar-refractivity contribution < 1.29 is 11.0 Å². The molecule has 0 saturated carbocycles. The van der Waals surface area contributed by atoms with E-state index in [2.05, 4.69) is 57.3 Å². The van der Waals surface area contributed by atoms with Crippen LogP contribution in [-0.4, -0.2) is 17.7 Å². The van der Waals surface area contributed by atoms with Gasteiger partial charge in [0.25, 0.3) is 0 Å². The first-order valence-electron chi connectivity index (χ1n) is 11.6. The predicted molar refractivity (Wildman–Crippen MR) is 142 cm³/mol. The van der Waals surface area contributed by atoms with Crippen molar-refractivity contribution >= 4 is 22.6 Å². The van der Waals surface area contributed by atoms with Gasteiger partial charge in [0.2, 0.25) is 0 Å². The van der Waals surface area contributed by atoms with Gasteiger partial charge in [0.1, 0.15) is 5.75 Å². The van der Waals surface area contributed by atoms with Crippen LogP contribution >= 0.6 is 0 Å². The summed E-state index contributed by atoms with van der Waals surface area (Å²) >= 11 is 0. The number of nitrogens with zero attached hydrogens (tertiary/aromatic N) is 1. The van der Waals surface area contributed by atoms with E-state index in [1.54, 1.807) is 11.7 Å². The number of nitrogens with one attached hydrogen (secondary N) is 1. The highest BCUT2D eigenvalue weighted by molar-refractivity contribution is 6.05. The molecule has 4 rings (SSSR count). The van der Waals surface area contributed by atoms with E-state index in [1.807, 2.05) is 54.7 Å². The maximum absolute atomic E-state index is 13.1. The number of carbonyl (C=O) groups excluding carboxylic acids is 1. The molecule has 0 aliphatic heterocycles. The molecule has 0 aliphatic rings. The quantitative estimate of drug-likeness (QED) is 0.335. The molecule has 33 heavy (non-hydrogen) atoms. The second-order valence-corrected chi connectivity index (χ2v) is 8.33. The summed E-state index contributed by atoms with van der Waals surface area (Å²) in [6.45, 7) is 8.74. The minimum atomic E-state index is -0.195. The molecule has 1 aromatic heterocycles. The second-order valence-electron chi connectivity index (χ2n) is 8.33. The Bertz CT molecular complexity index is 1190. The van der Waals surface area contributed by atoms with Crippen LogP contribution in [0.15, 0.2) is 79.0 Å². The maximum atomic E-state index is 13.1. The molecule has 1 heterocycles. The average molecular weight is 445 g/mol. The number of amides is 1. The number of para-hydroxylation sites is 1. The van der Waals surface area contributed by atoms with Gasteiger partial charge >= 0.3 is 6.03 Å². The van der Waals surface area contributed by atoms with Crippen molar-refractivity contribution in [1.29, 1.82) is 0 Å². The lowest BCUT2D eigenvalue weighted by atomic mass is 9.92. The Labute approximate surface area is 198 Å². The molecule has 0 fully saturated rings. The fourth-order valence-electron chi connectivity index (χ4n) is 3.67. The molecule has 4 nitrogen and oxygen atoms in total. The Kier molecular flexibility index (Phi) is 8.31. The number of hydrogen-bond donors (Lipinski definition) is 1. The highest BCUT2D eigenvalue weighted by Crippen LogP contribution is 2.35. The largest absolute Gasteiger partial charge is 0.497 e. The van der Waals surface area contributed by atoms with Crippen LogP contribution in [0.2, 0.25) is 0 Å². The zero-order chi connectivity index (χ0) is 23.8. The molecular weight excluding hydrogens is 408 g/mol. The van der Waals surface area contributed by atoms with E-state index in [0.717, 1.165) is 33.5 Å². The number of rotatable bonds is 5. The SMILES string of the molecule is CCCC.COc1ccc(NC(=O)n2cc(-c3ccccc3C(C)C)c3ccccc32)cc1.[HH]. The van der Waals surface area contributed by atoms with Crippen LogP contribution < -0.4 is 10.1 Å². The van der Waals surface area contributed by atoms with E-state index < -0.39 is 0 Å². The standard InChI is InChI=1S/C25H24N2O2.C4H10.H2/c1-17(2)20-8-4-5-9-21(20)23-16-27(24-11-7-6-10-22(23)24)25(28)26-18-12-14-19(29-3)15-13-18;1-3-4-2;/h4-17H,1-3H3,(H,26,28);3-4H2,1-2H3;1H. The molecule has 0 unspecified atom stereocenters. The summed E-state index contributed by atoms with van der Waals surface area (Å²) in [7, 11) is 1.62. The van der Waals surface area contributed by atoms with E-state index in [-0.39, 0.29) is 7.46 Å². The molecule has 0 bridgehead atoms. The first kappa shape index (κ1) is 24.1. The molecule has 3 aromatic carbocycles. The first-order valence-corrected chi connectivity index (χ1v) is 11.6. The summed E-state index contributed by atoms with van der Waals surface area (Å²) < 4.78 is 6.87. The van der Waals surface area contributed by atoms with Crippen LogP contribution in [0.1, 0.15) is 53.4 Å². The van der Waals surface area contributed by atoms with Crippen molar-refractivity contribution in [2.45, 2.75) is 46.5 Å². The third-order valence-electron chi connectivity index (χ3n) is 5.65. The van der Waals surface area contributed by atoms with Crippen LogP contribution in [0.3, 0.4) is 0 Å². The average Bonchev–Trinajstić information content (AvgIpc) is 3.24. The number of hydrogen-bond acceptors (Lipinski definition) is 2. The van der Waals surface area contributed by atoms with Gasteiger partial charge in [0, 0.05) is 24.3 Å². The minimum Gasteiger partial charge on any atom is -0.497 e. The molecule has 1 amide bonds. The lowest BCUT2D eigenvalue weighted by molar-refractivity contribution is 0.254. The number of unbranched alkanes of at least 4 members (excludes halogenated alkanes) is 1. The van der Waals surface area contributed by atoms with E-state index in [9.17, 15) is 4.79 Å². The number of carbonyl (C=O) groups is 1. The second kappa shape index (κ2) is 11.4. The van der Waals surface area contributed by atoms with Crippen molar-refractivity contribution in [1.82, 2.24) is 4.57 Å². The van der Waals surface area contributed by atoms with Gasteiger partial charge in [-0.1, -0.05) is 83.0 Å². The minimum absolute atomic E-state index is 0. The van der Waals surface area contributed by atoms with Crippen molar-refractivity contribution in [2.24, 2.45) is 0 Å². The molecule has 174 valence electrons. The summed E-state index contributed by atoms with van der Waals surface area (Å²) in [4.78, 5) is 13.1. The molecule has 0 atom stereocenters. The van der Waals surface area contributed by atoms with Gasteiger partial charge in [-0.05, 0) is 47.4 Å². The topological polar surface area (TPSA) is 43.3 Å². The summed E-state index contributed by atoms with van der Waals surface area (Å²) in [5, 5.41) is 4.03. The number of methoxy groups -OCH3 is 1. The number of anilines is 1. The zero-order valence-corrected chi connectivity index (χ0v) is 20.3. The van der Waals surface area contributed by atoms with Crippen LogP contribution in [0.25, 0.3) is 22.0 Å². The fraction of sp³-hybridized carbons (Fsp3) is 0.276. The molecule has 1 N–H and O–H groups in total. The van der Waals surface area contributed by atoms with E-state index >= 15 is 0 Å². The van der Waals surface area contributed by atoms with Crippen LogP contribution in [0.5, 0.6) is 5.75 Å². The Hall–Kier alpha value is -3.53. The van der Waals surface area contributed by atoms with Crippen molar-refractivity contribution in [2.75, 3.05) is 12.4 Å². The summed E-state index contributed by atoms with van der Waals surface area (Å²) in [6, 6.07) is 23.5. The molecule has 0 spiro atoms. The predicted octanol–water partition coefficient (Wildman–Crippen LogP) is 8.57. The Balaban J connectivity index is 0.000000758. The smallest absolute Gasteiger partial charge is 0.330 e. The molecule has 0 radical (unpaired) electrons. The molecule has 0 aliphatic carbocycles. The van der Waals surface area contributed by atoms with Gasteiger partial charge in [-0.3, -0.25) is 4.57 Å². The maximum Gasteiger partial charge on any atom is 0.330 e. The van der Waals surface area contributed by atoms with Crippen molar-refractivity contribution in [3.8, 4) is 16.9 Å². The highest BCUT2D eigenvalue weighted by Gasteiger charge is 2.17. The van der Waals surface area contributed by atoms with Crippen LogP contribution in [-0.2, 0) is 0 Å². The first-order chi connectivity index (χ1) is 16.0. The third-order valence-corrected chi connectivity index (χ3v) is 5.65. The summed E-state index contributed by atoms with van der Waals surface area (Å²) in [6.07, 6.45) is 4.57. The number of benzene rings is 3. The van der Waals surface area contributed by atoms with Gasteiger partial charge < -0.3 is 10.1 Å². The lowest BCUT2D eigenvalue weighted by Gasteiger charge is -2.12. The van der Waals surface area contributed by atoms with Gasteiger partial charge in [-0.2, -0.15) is 0 Å². The van der Waals surface area contributed by atoms with Gasteiger partial charge in [0.05, 0.1) is 12.6 Å². The molecule has 0 saturated heterocycles. The molecule has 4 aromatic rings. The van der Waals surface area contributed by atoms with E-state index in [1.165, 1.54) is 18.4 Å². The van der Waals surface area contributed by atoms with Crippen molar-refractivity contribution in [3.63, 3.8) is 0 Å². The molecule has 4 heteroatoms. The molecular formula is C29H36N2O2. The Morgan fingerprint density at radius 2 is 1.55 bits per heavy atom. The van der Waals surface area contributed by atoms with Crippen LogP contribution in [0.4, 0.5) is 10.5 Å². The summed E-state index contributed by atoms with van der Waals surface area (Å²) in [5.41, 5.74) is 5.10. The highest BCUT2D eigenvalue weighted by atomic mass is 16.5. The zero-order valence-electron chi connectivity index (χ0n) is 20.3. The summed E-state index contributed by atoms with van der Waals surface area (Å²) in [5.74, 6) is 1.14. The normalized spacial score (nSPS) is 10.6. The monoisotopic (exact) mass is 444 g/mol. The van der Waals surface area contributed by atoms with E-state index in [0.29, 0.717) is 5.92 Å². The van der Waals surface area contributed by atoms with Crippen molar-refractivity contribution in [3.05, 3.63) is 84.6 Å². The van der Waals surface area contributed by atoms with Gasteiger partial charge in [-0.15, -0.1) is 0 Å². The van der Waals surface area contributed by atoms with E-state index in [4.69, 9.17) is 4.74 Å². The number of aromatic nitrogens is 1. The number of fused-ring (bicyclic) bond motifs is 1. The Morgan fingerprint density at radius 1 is 0.909 bits per heavy atom. The number of ether oxygens (including phenoxy) is 1. The van der Waals surface area contributed by atoms with Gasteiger partial charge in [0.15, 0.2) is 0 Å². The fourth-order valence-corrected chi connectivity index (χ4v) is 3.67. The lowest BCUT2D eigenvalue weighted by Crippen LogP contribution is -2.18. The third kappa shape index (κ3) is 5.64.